The van der Waals surface area contributed by atoms with E-state index >= 15 is 0 Å². The molecule has 22 heavy (non-hydrogen) atoms. The molecule has 0 saturated carbocycles. The van der Waals surface area contributed by atoms with Crippen LogP contribution in [0.15, 0.2) is 12.1 Å². The molecule has 7 heteroatoms. The summed E-state index contributed by atoms with van der Waals surface area (Å²) in [6.07, 6.45) is 1.30. The third kappa shape index (κ3) is 3.65. The molecule has 6 nitrogen and oxygen atoms in total. The zero-order valence-corrected chi connectivity index (χ0v) is 13.6. The molecule has 1 saturated heterocycles. The molecule has 0 radical (unpaired) electrons. The molecular formula is C15H19NO5S. The Morgan fingerprint density at radius 2 is 1.91 bits per heavy atom. The average Bonchev–Trinajstić information content (AvgIpc) is 3.05. The van der Waals surface area contributed by atoms with Gasteiger partial charge in [-0.25, -0.2) is 9.59 Å². The van der Waals surface area contributed by atoms with Crippen LogP contribution in [0.25, 0.3) is 0 Å². The number of nitrogens with zero attached hydrogens (tertiary/aromatic N) is 1. The summed E-state index contributed by atoms with van der Waals surface area (Å²) in [6, 6.07) is 2.29. The molecule has 1 atom stereocenters. The molecular weight excluding hydrogens is 306 g/mol. The van der Waals surface area contributed by atoms with E-state index in [2.05, 4.69) is 0 Å². The normalized spacial score (nSPS) is 18.3. The number of hydrogen-bond donors (Lipinski definition) is 1. The first-order chi connectivity index (χ1) is 10.2. The van der Waals surface area contributed by atoms with Crippen molar-refractivity contribution in [3.8, 4) is 0 Å². The Balaban J connectivity index is 2.14. The molecule has 2 heterocycles. The zero-order chi connectivity index (χ0) is 16.5. The maximum atomic E-state index is 12.5. The summed E-state index contributed by atoms with van der Waals surface area (Å²) >= 11 is 0.920. The average molecular weight is 325 g/mol. The molecule has 1 aliphatic heterocycles. The fraction of sp³-hybridized carbons (Fsp3) is 0.533. The van der Waals surface area contributed by atoms with Crippen LogP contribution in [-0.2, 0) is 9.53 Å². The number of carboxylic acid groups (broad SMARTS) is 1. The van der Waals surface area contributed by atoms with Gasteiger partial charge in [0.2, 0.25) is 0 Å². The third-order valence-electron chi connectivity index (χ3n) is 3.22. The van der Waals surface area contributed by atoms with Gasteiger partial charge in [-0.15, -0.1) is 11.3 Å². The molecule has 0 aromatic carbocycles. The molecule has 1 aliphatic rings. The SMILES string of the molecule is CC(C)(C)OC(=O)[C@H]1CCCN1C(=O)c1ccc(C(=O)O)s1. The van der Waals surface area contributed by atoms with E-state index in [1.807, 2.05) is 0 Å². The summed E-state index contributed by atoms with van der Waals surface area (Å²) in [6.45, 7) is 5.82. The molecule has 0 bridgehead atoms. The first-order valence-corrected chi connectivity index (χ1v) is 7.87. The lowest BCUT2D eigenvalue weighted by atomic mass is 10.1. The topological polar surface area (TPSA) is 83.9 Å². The van der Waals surface area contributed by atoms with Crippen LogP contribution in [-0.4, -0.2) is 46.0 Å². The summed E-state index contributed by atoms with van der Waals surface area (Å²) in [7, 11) is 0. The molecule has 1 fully saturated rings. The van der Waals surface area contributed by atoms with Gasteiger partial charge in [0.25, 0.3) is 5.91 Å². The fourth-order valence-electron chi connectivity index (χ4n) is 2.33. The van der Waals surface area contributed by atoms with Crippen molar-refractivity contribution in [2.24, 2.45) is 0 Å². The van der Waals surface area contributed by atoms with Gasteiger partial charge in [0.15, 0.2) is 0 Å². The molecule has 0 aliphatic carbocycles. The van der Waals surface area contributed by atoms with Gasteiger partial charge in [-0.3, -0.25) is 4.79 Å². The van der Waals surface area contributed by atoms with Crippen LogP contribution in [0, 0.1) is 0 Å². The second-order valence-corrected chi connectivity index (χ2v) is 7.24. The van der Waals surface area contributed by atoms with Gasteiger partial charge >= 0.3 is 11.9 Å². The molecule has 120 valence electrons. The highest BCUT2D eigenvalue weighted by molar-refractivity contribution is 7.15. The number of likely N-dealkylation sites (tertiary alicyclic amines) is 1. The van der Waals surface area contributed by atoms with Gasteiger partial charge in [0.05, 0.1) is 4.88 Å². The Labute approximate surface area is 132 Å². The number of thiophene rings is 1. The second kappa shape index (κ2) is 6.08. The minimum atomic E-state index is -1.06. The first kappa shape index (κ1) is 16.5. The Bertz CT molecular complexity index is 601. The Hall–Kier alpha value is -1.89. The highest BCUT2D eigenvalue weighted by Gasteiger charge is 2.37. The van der Waals surface area contributed by atoms with Crippen LogP contribution in [0.5, 0.6) is 0 Å². The number of amides is 1. The van der Waals surface area contributed by atoms with Crippen molar-refractivity contribution in [1.29, 1.82) is 0 Å². The largest absolute Gasteiger partial charge is 0.477 e. The van der Waals surface area contributed by atoms with Crippen LogP contribution < -0.4 is 0 Å². The summed E-state index contributed by atoms with van der Waals surface area (Å²) in [4.78, 5) is 37.5. The van der Waals surface area contributed by atoms with E-state index in [1.165, 1.54) is 17.0 Å². The Morgan fingerprint density at radius 3 is 2.45 bits per heavy atom. The number of carboxylic acids is 1. The Morgan fingerprint density at radius 1 is 1.27 bits per heavy atom. The van der Waals surface area contributed by atoms with Gasteiger partial charge < -0.3 is 14.7 Å². The van der Waals surface area contributed by atoms with Crippen LogP contribution >= 0.6 is 11.3 Å². The molecule has 1 amide bonds. The van der Waals surface area contributed by atoms with Gasteiger partial charge in [-0.1, -0.05) is 0 Å². The van der Waals surface area contributed by atoms with Crippen LogP contribution in [0.4, 0.5) is 0 Å². The number of carbonyl (C=O) groups excluding carboxylic acids is 2. The highest BCUT2D eigenvalue weighted by Crippen LogP contribution is 2.26. The molecule has 2 rings (SSSR count). The maximum absolute atomic E-state index is 12.5. The molecule has 1 aromatic heterocycles. The standard InChI is InChI=1S/C15H19NO5S/c1-15(2,3)21-14(20)9-5-4-8-16(9)12(17)10-6-7-11(22-10)13(18)19/h6-7,9H,4-5,8H2,1-3H3,(H,18,19)/t9-/m1/s1. The summed E-state index contributed by atoms with van der Waals surface area (Å²) < 4.78 is 5.36. The molecule has 1 N–H and O–H groups in total. The lowest BCUT2D eigenvalue weighted by Gasteiger charge is -2.27. The maximum Gasteiger partial charge on any atom is 0.345 e. The second-order valence-electron chi connectivity index (χ2n) is 6.16. The quantitative estimate of drug-likeness (QED) is 0.863. The van der Waals surface area contributed by atoms with Crippen LogP contribution in [0.1, 0.15) is 53.0 Å². The van der Waals surface area contributed by atoms with E-state index in [-0.39, 0.29) is 10.8 Å². The fourth-order valence-corrected chi connectivity index (χ4v) is 3.13. The summed E-state index contributed by atoms with van der Waals surface area (Å²) in [5, 5.41) is 8.92. The van der Waals surface area contributed by atoms with E-state index < -0.39 is 23.6 Å². The predicted molar refractivity (Wildman–Crippen MR) is 81.2 cm³/mol. The van der Waals surface area contributed by atoms with Crippen molar-refractivity contribution in [2.75, 3.05) is 6.54 Å². The minimum Gasteiger partial charge on any atom is -0.477 e. The smallest absolute Gasteiger partial charge is 0.345 e. The van der Waals surface area contributed by atoms with E-state index in [4.69, 9.17) is 9.84 Å². The molecule has 0 spiro atoms. The third-order valence-corrected chi connectivity index (χ3v) is 4.28. The number of aromatic carboxylic acids is 1. The number of ether oxygens (including phenoxy) is 1. The highest BCUT2D eigenvalue weighted by atomic mass is 32.1. The van der Waals surface area contributed by atoms with Crippen LogP contribution in [0.3, 0.4) is 0 Å². The lowest BCUT2D eigenvalue weighted by molar-refractivity contribution is -0.159. The molecule has 0 unspecified atom stereocenters. The van der Waals surface area contributed by atoms with Gasteiger partial charge in [0, 0.05) is 6.54 Å². The lowest BCUT2D eigenvalue weighted by Crippen LogP contribution is -2.43. The number of carbonyl (C=O) groups is 3. The number of hydrogen-bond acceptors (Lipinski definition) is 5. The van der Waals surface area contributed by atoms with Crippen LogP contribution in [0.2, 0.25) is 0 Å². The van der Waals surface area contributed by atoms with Gasteiger partial charge in [-0.2, -0.15) is 0 Å². The van der Waals surface area contributed by atoms with Crippen molar-refractivity contribution in [2.45, 2.75) is 45.3 Å². The van der Waals surface area contributed by atoms with Crippen molar-refractivity contribution >= 4 is 29.2 Å². The van der Waals surface area contributed by atoms with Gasteiger partial charge in [-0.05, 0) is 45.7 Å². The van der Waals surface area contributed by atoms with Crippen molar-refractivity contribution in [3.05, 3.63) is 21.9 Å². The summed E-state index contributed by atoms with van der Waals surface area (Å²) in [5.74, 6) is -1.78. The van der Waals surface area contributed by atoms with Crippen molar-refractivity contribution in [3.63, 3.8) is 0 Å². The monoisotopic (exact) mass is 325 g/mol. The van der Waals surface area contributed by atoms with E-state index in [9.17, 15) is 14.4 Å². The number of rotatable bonds is 3. The van der Waals surface area contributed by atoms with Gasteiger partial charge in [0.1, 0.15) is 16.5 Å². The first-order valence-electron chi connectivity index (χ1n) is 7.06. The van der Waals surface area contributed by atoms with Crippen molar-refractivity contribution in [1.82, 2.24) is 4.90 Å². The van der Waals surface area contributed by atoms with E-state index in [1.54, 1.807) is 20.8 Å². The predicted octanol–water partition coefficient (Wildman–Crippen LogP) is 2.39. The van der Waals surface area contributed by atoms with E-state index in [0.29, 0.717) is 17.8 Å². The molecule has 1 aromatic rings. The summed E-state index contributed by atoms with van der Waals surface area (Å²) in [5.41, 5.74) is -0.603. The minimum absolute atomic E-state index is 0.108. The van der Waals surface area contributed by atoms with Crippen molar-refractivity contribution < 1.29 is 24.2 Å². The van der Waals surface area contributed by atoms with E-state index in [0.717, 1.165) is 17.8 Å². The number of esters is 1. The zero-order valence-electron chi connectivity index (χ0n) is 12.8. The Kier molecular flexibility index (Phi) is 4.55.